The molecule has 2 aromatic rings. The van der Waals surface area contributed by atoms with Crippen LogP contribution in [0.1, 0.15) is 43.1 Å². The van der Waals surface area contributed by atoms with Crippen LogP contribution in [-0.4, -0.2) is 19.9 Å². The number of rotatable bonds is 3. The molecule has 0 amide bonds. The zero-order valence-electron chi connectivity index (χ0n) is 9.58. The van der Waals surface area contributed by atoms with Gasteiger partial charge < -0.3 is 10.3 Å². The Kier molecular flexibility index (Phi) is 2.74. The second-order valence-electron chi connectivity index (χ2n) is 4.07. The maximum atomic E-state index is 5.99. The minimum atomic E-state index is -0.409. The Hall–Kier alpha value is -1.69. The minimum absolute atomic E-state index is 0.235. The Labute approximate surface area is 93.4 Å². The Morgan fingerprint density at radius 3 is 2.69 bits per heavy atom. The summed E-state index contributed by atoms with van der Waals surface area (Å²) in [6.07, 6.45) is 3.54. The molecule has 0 aliphatic rings. The van der Waals surface area contributed by atoms with Crippen molar-refractivity contribution >= 4 is 0 Å². The van der Waals surface area contributed by atoms with Crippen molar-refractivity contribution in [1.29, 1.82) is 0 Å². The van der Waals surface area contributed by atoms with Crippen LogP contribution in [0.2, 0.25) is 0 Å². The highest BCUT2D eigenvalue weighted by Crippen LogP contribution is 2.19. The number of nitrogens with two attached hydrogens (primary N) is 1. The number of hydrogen-bond donors (Lipinski definition) is 1. The summed E-state index contributed by atoms with van der Waals surface area (Å²) < 4.78 is 6.82. The molecule has 0 aromatic carbocycles. The van der Waals surface area contributed by atoms with E-state index in [0.717, 1.165) is 5.56 Å². The van der Waals surface area contributed by atoms with Crippen molar-refractivity contribution in [3.63, 3.8) is 0 Å². The molecular formula is C10H15N5O. The highest BCUT2D eigenvalue weighted by molar-refractivity contribution is 5.17. The van der Waals surface area contributed by atoms with Crippen LogP contribution in [0.5, 0.6) is 0 Å². The SMILES string of the molecule is CC(C)c1noc(C(N)c2cnn(C)c2)n1. The Balaban J connectivity index is 2.23. The van der Waals surface area contributed by atoms with Gasteiger partial charge >= 0.3 is 0 Å². The molecule has 0 aliphatic heterocycles. The minimum Gasteiger partial charge on any atom is -0.337 e. The molecule has 0 radical (unpaired) electrons. The van der Waals surface area contributed by atoms with E-state index in [2.05, 4.69) is 15.2 Å². The third-order valence-corrected chi connectivity index (χ3v) is 2.32. The number of hydrogen-bond acceptors (Lipinski definition) is 5. The second kappa shape index (κ2) is 4.05. The van der Waals surface area contributed by atoms with Crippen molar-refractivity contribution in [1.82, 2.24) is 19.9 Å². The van der Waals surface area contributed by atoms with Crippen molar-refractivity contribution in [2.24, 2.45) is 12.8 Å². The molecule has 0 saturated carbocycles. The van der Waals surface area contributed by atoms with Crippen molar-refractivity contribution < 1.29 is 4.52 Å². The smallest absolute Gasteiger partial charge is 0.248 e. The maximum absolute atomic E-state index is 5.99. The van der Waals surface area contributed by atoms with E-state index in [1.807, 2.05) is 27.1 Å². The molecule has 0 aliphatic carbocycles. The second-order valence-corrected chi connectivity index (χ2v) is 4.07. The summed E-state index contributed by atoms with van der Waals surface area (Å²) in [6, 6.07) is -0.409. The van der Waals surface area contributed by atoms with E-state index < -0.39 is 6.04 Å². The lowest BCUT2D eigenvalue weighted by Crippen LogP contribution is -2.11. The molecule has 6 nitrogen and oxygen atoms in total. The van der Waals surface area contributed by atoms with Gasteiger partial charge in [-0.05, 0) is 0 Å². The van der Waals surface area contributed by atoms with Gasteiger partial charge in [0, 0.05) is 24.7 Å². The van der Waals surface area contributed by atoms with Gasteiger partial charge in [0.1, 0.15) is 6.04 Å². The first-order valence-electron chi connectivity index (χ1n) is 5.15. The predicted molar refractivity (Wildman–Crippen MR) is 57.6 cm³/mol. The first-order valence-corrected chi connectivity index (χ1v) is 5.15. The van der Waals surface area contributed by atoms with Crippen LogP contribution in [-0.2, 0) is 7.05 Å². The largest absolute Gasteiger partial charge is 0.337 e. The standard InChI is InChI=1S/C10H15N5O/c1-6(2)9-13-10(16-14-9)8(11)7-4-12-15(3)5-7/h4-6,8H,11H2,1-3H3. The molecular weight excluding hydrogens is 206 g/mol. The van der Waals surface area contributed by atoms with Crippen LogP contribution in [0.3, 0.4) is 0 Å². The lowest BCUT2D eigenvalue weighted by atomic mass is 10.2. The van der Waals surface area contributed by atoms with Gasteiger partial charge in [0.25, 0.3) is 0 Å². The van der Waals surface area contributed by atoms with E-state index in [4.69, 9.17) is 10.3 Å². The van der Waals surface area contributed by atoms with Crippen molar-refractivity contribution in [2.45, 2.75) is 25.8 Å². The molecule has 0 fully saturated rings. The molecule has 1 unspecified atom stereocenters. The quantitative estimate of drug-likeness (QED) is 0.835. The molecule has 2 aromatic heterocycles. The van der Waals surface area contributed by atoms with Crippen LogP contribution in [0, 0.1) is 0 Å². The van der Waals surface area contributed by atoms with Gasteiger partial charge in [0.2, 0.25) is 5.89 Å². The first-order chi connectivity index (χ1) is 7.58. The van der Waals surface area contributed by atoms with Gasteiger partial charge in [0.05, 0.1) is 6.20 Å². The fourth-order valence-electron chi connectivity index (χ4n) is 1.35. The van der Waals surface area contributed by atoms with Crippen molar-refractivity contribution in [3.8, 4) is 0 Å². The van der Waals surface area contributed by atoms with Crippen LogP contribution >= 0.6 is 0 Å². The molecule has 86 valence electrons. The molecule has 2 heterocycles. The third kappa shape index (κ3) is 1.96. The molecule has 2 N–H and O–H groups in total. The van der Waals surface area contributed by atoms with Gasteiger partial charge in [-0.1, -0.05) is 19.0 Å². The normalized spacial score (nSPS) is 13.3. The fraction of sp³-hybridized carbons (Fsp3) is 0.500. The predicted octanol–water partition coefficient (Wildman–Crippen LogP) is 0.975. The van der Waals surface area contributed by atoms with Crippen molar-refractivity contribution in [2.75, 3.05) is 0 Å². The van der Waals surface area contributed by atoms with Crippen LogP contribution < -0.4 is 5.73 Å². The van der Waals surface area contributed by atoms with Crippen molar-refractivity contribution in [3.05, 3.63) is 29.7 Å². The lowest BCUT2D eigenvalue weighted by Gasteiger charge is -2.01. The summed E-state index contributed by atoms with van der Waals surface area (Å²) >= 11 is 0. The molecule has 0 bridgehead atoms. The molecule has 16 heavy (non-hydrogen) atoms. The summed E-state index contributed by atoms with van der Waals surface area (Å²) in [5.41, 5.74) is 6.86. The van der Waals surface area contributed by atoms with Gasteiger partial charge in [-0.3, -0.25) is 4.68 Å². The van der Waals surface area contributed by atoms with E-state index >= 15 is 0 Å². The molecule has 0 spiro atoms. The maximum Gasteiger partial charge on any atom is 0.248 e. The monoisotopic (exact) mass is 221 g/mol. The van der Waals surface area contributed by atoms with Gasteiger partial charge in [-0.2, -0.15) is 10.1 Å². The van der Waals surface area contributed by atoms with E-state index in [9.17, 15) is 0 Å². The van der Waals surface area contributed by atoms with Gasteiger partial charge in [-0.25, -0.2) is 0 Å². The average Bonchev–Trinajstić information content (AvgIpc) is 2.84. The highest BCUT2D eigenvalue weighted by atomic mass is 16.5. The topological polar surface area (TPSA) is 82.8 Å². The summed E-state index contributed by atoms with van der Waals surface area (Å²) in [6.45, 7) is 4.01. The Morgan fingerprint density at radius 1 is 1.44 bits per heavy atom. The number of aryl methyl sites for hydroxylation is 1. The summed E-state index contributed by atoms with van der Waals surface area (Å²) in [7, 11) is 1.84. The Morgan fingerprint density at radius 2 is 2.19 bits per heavy atom. The van der Waals surface area contributed by atoms with Gasteiger partial charge in [0.15, 0.2) is 5.82 Å². The van der Waals surface area contributed by atoms with Crippen LogP contribution in [0.25, 0.3) is 0 Å². The average molecular weight is 221 g/mol. The molecule has 6 heteroatoms. The number of nitrogens with zero attached hydrogens (tertiary/aromatic N) is 4. The zero-order chi connectivity index (χ0) is 11.7. The van der Waals surface area contributed by atoms with E-state index in [1.165, 1.54) is 0 Å². The van der Waals surface area contributed by atoms with E-state index in [0.29, 0.717) is 11.7 Å². The zero-order valence-corrected chi connectivity index (χ0v) is 9.58. The Bertz CT molecular complexity index is 473. The van der Waals surface area contributed by atoms with E-state index in [1.54, 1.807) is 10.9 Å². The van der Waals surface area contributed by atoms with E-state index in [-0.39, 0.29) is 5.92 Å². The molecule has 1 atom stereocenters. The molecule has 2 rings (SSSR count). The van der Waals surface area contributed by atoms with Crippen LogP contribution in [0.4, 0.5) is 0 Å². The third-order valence-electron chi connectivity index (χ3n) is 2.32. The summed E-state index contributed by atoms with van der Waals surface area (Å²) in [4.78, 5) is 4.26. The first kappa shape index (κ1) is 10.8. The summed E-state index contributed by atoms with van der Waals surface area (Å²) in [5, 5.41) is 7.93. The number of aromatic nitrogens is 4. The van der Waals surface area contributed by atoms with Gasteiger partial charge in [-0.15, -0.1) is 0 Å². The van der Waals surface area contributed by atoms with Crippen LogP contribution in [0.15, 0.2) is 16.9 Å². The molecule has 0 saturated heterocycles. The fourth-order valence-corrected chi connectivity index (χ4v) is 1.35. The summed E-state index contributed by atoms with van der Waals surface area (Å²) in [5.74, 6) is 1.34. The highest BCUT2D eigenvalue weighted by Gasteiger charge is 2.19. The lowest BCUT2D eigenvalue weighted by molar-refractivity contribution is 0.361.